The second-order valence-corrected chi connectivity index (χ2v) is 8.35. The number of hydrogen-bond acceptors (Lipinski definition) is 5. The molecule has 28 heavy (non-hydrogen) atoms. The Morgan fingerprint density at radius 1 is 0.893 bits per heavy atom. The predicted octanol–water partition coefficient (Wildman–Crippen LogP) is 2.47. The lowest BCUT2D eigenvalue weighted by Crippen LogP contribution is -2.41. The first-order chi connectivity index (χ1) is 12.7. The molecule has 0 N–H and O–H groups in total. The fourth-order valence-corrected chi connectivity index (χ4v) is 2.98. The van der Waals surface area contributed by atoms with E-state index in [2.05, 4.69) is 4.74 Å². The lowest BCUT2D eigenvalue weighted by molar-refractivity contribution is -0.890. The number of hydrogen-bond donors (Lipinski definition) is 0. The average molecular weight is 433 g/mol. The molecule has 0 aliphatic carbocycles. The molecule has 1 rings (SSSR count). The molecule has 0 saturated heterocycles. The molecule has 1 aromatic carbocycles. The van der Waals surface area contributed by atoms with Crippen molar-refractivity contribution in [3.05, 3.63) is 29.1 Å². The Bertz CT molecular complexity index is 800. The molecule has 0 aliphatic heterocycles. The minimum absolute atomic E-state index is 0.182. The zero-order chi connectivity index (χ0) is 21.7. The van der Waals surface area contributed by atoms with Gasteiger partial charge in [0.2, 0.25) is 34.8 Å². The third-order valence-corrected chi connectivity index (χ3v) is 4.73. The first kappa shape index (κ1) is 24.2. The topological polar surface area (TPSA) is 83.5 Å². The minimum Gasteiger partial charge on any atom is -0.748 e. The van der Waals surface area contributed by atoms with Crippen LogP contribution in [0.1, 0.15) is 25.7 Å². The quantitative estimate of drug-likeness (QED) is 0.0828. The summed E-state index contributed by atoms with van der Waals surface area (Å²) in [5.41, 5.74) is 0. The van der Waals surface area contributed by atoms with Gasteiger partial charge in [-0.2, -0.15) is 8.78 Å². The fourth-order valence-electron chi connectivity index (χ4n) is 2.42. The molecule has 0 heterocycles. The maximum Gasteiger partial charge on any atom is 0.311 e. The zero-order valence-corrected chi connectivity index (χ0v) is 16.1. The zero-order valence-electron chi connectivity index (χ0n) is 15.2. The Morgan fingerprint density at radius 2 is 1.36 bits per heavy atom. The lowest BCUT2D eigenvalue weighted by Gasteiger charge is -2.29. The van der Waals surface area contributed by atoms with Gasteiger partial charge in [-0.05, 0) is 12.8 Å². The molecule has 6 nitrogen and oxygen atoms in total. The van der Waals surface area contributed by atoms with Crippen LogP contribution < -0.4 is 4.74 Å². The molecule has 0 unspecified atom stereocenters. The predicted molar refractivity (Wildman–Crippen MR) is 86.7 cm³/mol. The molecular weight excluding hydrogens is 413 g/mol. The van der Waals surface area contributed by atoms with Crippen molar-refractivity contribution in [3.8, 4) is 5.75 Å². The second kappa shape index (κ2) is 9.61. The highest BCUT2D eigenvalue weighted by Gasteiger charge is 2.28. The maximum absolute atomic E-state index is 13.5. The van der Waals surface area contributed by atoms with Gasteiger partial charge in [-0.15, -0.1) is 0 Å². The summed E-state index contributed by atoms with van der Waals surface area (Å²) < 4.78 is 102. The van der Waals surface area contributed by atoms with Crippen LogP contribution in [-0.2, 0) is 14.9 Å². The van der Waals surface area contributed by atoms with Crippen molar-refractivity contribution < 1.29 is 48.9 Å². The van der Waals surface area contributed by atoms with Crippen LogP contribution in [0.5, 0.6) is 5.75 Å². The summed E-state index contributed by atoms with van der Waals surface area (Å²) in [4.78, 5) is 11.7. The molecule has 0 spiro atoms. The van der Waals surface area contributed by atoms with E-state index < -0.39 is 56.7 Å². The molecular formula is C16H20F5NO5S. The van der Waals surface area contributed by atoms with Gasteiger partial charge < -0.3 is 13.8 Å². The van der Waals surface area contributed by atoms with E-state index in [4.69, 9.17) is 0 Å². The number of nitrogens with zero attached hydrogens (tertiary/aromatic N) is 1. The first-order valence-electron chi connectivity index (χ1n) is 8.23. The molecule has 12 heteroatoms. The highest BCUT2D eigenvalue weighted by atomic mass is 32.2. The van der Waals surface area contributed by atoms with Crippen LogP contribution >= 0.6 is 0 Å². The van der Waals surface area contributed by atoms with E-state index in [1.807, 2.05) is 0 Å². The second-order valence-electron chi connectivity index (χ2n) is 6.83. The summed E-state index contributed by atoms with van der Waals surface area (Å²) in [5.74, 6) is -14.5. The van der Waals surface area contributed by atoms with E-state index in [1.54, 1.807) is 14.1 Å². The van der Waals surface area contributed by atoms with E-state index in [9.17, 15) is 39.7 Å². The fraction of sp³-hybridized carbons (Fsp3) is 0.562. The third-order valence-electron chi connectivity index (χ3n) is 3.94. The van der Waals surface area contributed by atoms with E-state index in [0.29, 0.717) is 24.0 Å². The highest BCUT2D eigenvalue weighted by molar-refractivity contribution is 7.85. The maximum atomic E-state index is 13.5. The monoisotopic (exact) mass is 433 g/mol. The molecule has 0 fully saturated rings. The van der Waals surface area contributed by atoms with Gasteiger partial charge in [-0.25, -0.2) is 21.6 Å². The third kappa shape index (κ3) is 7.32. The van der Waals surface area contributed by atoms with Crippen LogP contribution in [0.2, 0.25) is 0 Å². The number of unbranched alkanes of at least 4 members (excludes halogenated alkanes) is 1. The largest absolute Gasteiger partial charge is 0.748 e. The summed E-state index contributed by atoms with van der Waals surface area (Å²) in [6.07, 6.45) is 0.483. The number of halogens is 5. The van der Waals surface area contributed by atoms with Gasteiger partial charge in [-0.1, -0.05) is 0 Å². The lowest BCUT2D eigenvalue weighted by atomic mass is 10.2. The summed E-state index contributed by atoms with van der Waals surface area (Å²) >= 11 is 0. The molecule has 1 aromatic rings. The molecule has 0 amide bonds. The van der Waals surface area contributed by atoms with Gasteiger partial charge >= 0.3 is 5.97 Å². The van der Waals surface area contributed by atoms with Crippen molar-refractivity contribution in [2.45, 2.75) is 25.7 Å². The van der Waals surface area contributed by atoms with Crippen LogP contribution in [0.15, 0.2) is 0 Å². The summed E-state index contributed by atoms with van der Waals surface area (Å²) in [6.45, 7) is 0.887. The molecule has 0 aliphatic rings. The molecule has 0 atom stereocenters. The van der Waals surface area contributed by atoms with Crippen molar-refractivity contribution in [2.75, 3.05) is 32.9 Å². The van der Waals surface area contributed by atoms with Crippen molar-refractivity contribution in [3.63, 3.8) is 0 Å². The van der Waals surface area contributed by atoms with Gasteiger partial charge in [0, 0.05) is 12.2 Å². The van der Waals surface area contributed by atoms with Gasteiger partial charge in [0.25, 0.3) is 0 Å². The van der Waals surface area contributed by atoms with Crippen molar-refractivity contribution >= 4 is 16.1 Å². The van der Waals surface area contributed by atoms with E-state index in [0.717, 1.165) is 0 Å². The number of carbonyl (C=O) groups excluding carboxylic acids is 1. The van der Waals surface area contributed by atoms with Crippen LogP contribution in [0.25, 0.3) is 0 Å². The molecule has 0 saturated carbocycles. The van der Waals surface area contributed by atoms with Crippen molar-refractivity contribution in [1.82, 2.24) is 0 Å². The molecule has 0 aromatic heterocycles. The Kier molecular flexibility index (Phi) is 8.32. The molecule has 0 radical (unpaired) electrons. The molecule has 160 valence electrons. The Hall–Kier alpha value is -1.79. The van der Waals surface area contributed by atoms with Crippen LogP contribution in [0.3, 0.4) is 0 Å². The first-order valence-corrected chi connectivity index (χ1v) is 9.80. The summed E-state index contributed by atoms with van der Waals surface area (Å²) in [5, 5.41) is 0. The molecule has 0 bridgehead atoms. The van der Waals surface area contributed by atoms with Gasteiger partial charge in [0.1, 0.15) is 0 Å². The van der Waals surface area contributed by atoms with Crippen molar-refractivity contribution in [1.29, 1.82) is 0 Å². The van der Waals surface area contributed by atoms with Crippen LogP contribution in [-0.4, -0.2) is 56.4 Å². The Balaban J connectivity index is 2.53. The Morgan fingerprint density at radius 3 is 1.86 bits per heavy atom. The highest BCUT2D eigenvalue weighted by Crippen LogP contribution is 2.29. The number of quaternary nitrogens is 1. The number of esters is 1. The average Bonchev–Trinajstić information content (AvgIpc) is 2.58. The van der Waals surface area contributed by atoms with Crippen LogP contribution in [0, 0.1) is 29.1 Å². The normalized spacial score (nSPS) is 12.3. The van der Waals surface area contributed by atoms with Crippen LogP contribution in [0.4, 0.5) is 22.0 Å². The number of ether oxygens (including phenoxy) is 1. The number of benzene rings is 1. The van der Waals surface area contributed by atoms with Gasteiger partial charge in [0.15, 0.2) is 0 Å². The smallest absolute Gasteiger partial charge is 0.311 e. The number of rotatable bonds is 10. The van der Waals surface area contributed by atoms with E-state index in [-0.39, 0.29) is 19.3 Å². The van der Waals surface area contributed by atoms with Gasteiger partial charge in [-0.3, -0.25) is 4.79 Å². The van der Waals surface area contributed by atoms with Crippen molar-refractivity contribution in [2.24, 2.45) is 0 Å². The minimum atomic E-state index is -4.27. The summed E-state index contributed by atoms with van der Waals surface area (Å²) in [7, 11) is -0.714. The SMILES string of the molecule is C[N+](C)(CCCCS(=O)(=O)[O-])CCCC(=O)Oc1c(F)c(F)c(F)c(F)c1F. The summed E-state index contributed by atoms with van der Waals surface area (Å²) in [6, 6.07) is 0. The van der Waals surface area contributed by atoms with Gasteiger partial charge in [0.05, 0.1) is 43.7 Å². The van der Waals surface area contributed by atoms with E-state index in [1.165, 1.54) is 0 Å². The Labute approximate surface area is 159 Å². The number of carbonyl (C=O) groups is 1. The standard InChI is InChI=1S/C16H20F5NO5S/c1-22(2,7-3-4-9-28(24,25)26)8-5-6-10(23)27-16-14(20)12(18)11(17)13(19)15(16)21/h3-9H2,1-2H3. The van der Waals surface area contributed by atoms with E-state index >= 15 is 0 Å².